The minimum Gasteiger partial charge on any atom is -0.309 e. The Labute approximate surface area is 116 Å². The third-order valence-electron chi connectivity index (χ3n) is 3.38. The van der Waals surface area contributed by atoms with Crippen LogP contribution >= 0.6 is 0 Å². The Morgan fingerprint density at radius 1 is 1.10 bits per heavy atom. The number of pyridine rings is 2. The van der Waals surface area contributed by atoms with E-state index >= 15 is 0 Å². The molecule has 3 rings (SSSR count). The average molecular weight is 267 g/mol. The summed E-state index contributed by atoms with van der Waals surface area (Å²) in [5, 5.41) is 5.39. The molecule has 0 aliphatic rings. The lowest BCUT2D eigenvalue weighted by Crippen LogP contribution is -2.18. The number of fused-ring (bicyclic) bond motifs is 1. The molecule has 2 heterocycles. The average Bonchev–Trinajstić information content (AvgIpc) is 2.48. The van der Waals surface area contributed by atoms with Crippen LogP contribution in [0.2, 0.25) is 0 Å². The molecule has 0 aliphatic carbocycles. The van der Waals surface area contributed by atoms with Crippen LogP contribution in [0.3, 0.4) is 0 Å². The number of nitrogens with one attached hydrogen (secondary N) is 1. The maximum Gasteiger partial charge on any atom is 0.141 e. The molecule has 0 bridgehead atoms. The van der Waals surface area contributed by atoms with Crippen molar-refractivity contribution >= 4 is 10.8 Å². The van der Waals surface area contributed by atoms with Crippen molar-refractivity contribution in [2.75, 3.05) is 7.05 Å². The fourth-order valence-electron chi connectivity index (χ4n) is 2.48. The highest BCUT2D eigenvalue weighted by Gasteiger charge is 2.15. The van der Waals surface area contributed by atoms with Gasteiger partial charge < -0.3 is 5.32 Å². The minimum atomic E-state index is -0.332. The molecule has 0 saturated heterocycles. The molecule has 100 valence electrons. The highest BCUT2D eigenvalue weighted by molar-refractivity contribution is 5.85. The second kappa shape index (κ2) is 5.35. The molecular formula is C16H14FN3. The number of rotatable bonds is 3. The van der Waals surface area contributed by atoms with E-state index in [-0.39, 0.29) is 11.9 Å². The van der Waals surface area contributed by atoms with Gasteiger partial charge in [-0.25, -0.2) is 4.39 Å². The van der Waals surface area contributed by atoms with Crippen molar-refractivity contribution in [3.63, 3.8) is 0 Å². The van der Waals surface area contributed by atoms with E-state index in [0.29, 0.717) is 0 Å². The summed E-state index contributed by atoms with van der Waals surface area (Å²) in [4.78, 5) is 8.11. The number of aromatic nitrogens is 2. The number of benzene rings is 1. The molecule has 0 spiro atoms. The van der Waals surface area contributed by atoms with E-state index in [1.807, 2.05) is 37.5 Å². The van der Waals surface area contributed by atoms with Gasteiger partial charge in [0.05, 0.1) is 12.2 Å². The molecule has 0 amide bonds. The van der Waals surface area contributed by atoms with Gasteiger partial charge in [0.1, 0.15) is 5.82 Å². The van der Waals surface area contributed by atoms with E-state index < -0.39 is 0 Å². The quantitative estimate of drug-likeness (QED) is 0.792. The zero-order valence-corrected chi connectivity index (χ0v) is 11.0. The van der Waals surface area contributed by atoms with Gasteiger partial charge in [-0.3, -0.25) is 9.97 Å². The summed E-state index contributed by atoms with van der Waals surface area (Å²) in [6.45, 7) is 0. The van der Waals surface area contributed by atoms with Crippen LogP contribution in [-0.4, -0.2) is 17.0 Å². The summed E-state index contributed by atoms with van der Waals surface area (Å²) < 4.78 is 13.4. The molecule has 1 unspecified atom stereocenters. The second-order valence-electron chi connectivity index (χ2n) is 4.60. The van der Waals surface area contributed by atoms with Gasteiger partial charge in [0.15, 0.2) is 0 Å². The lowest BCUT2D eigenvalue weighted by molar-refractivity contribution is 0.609. The van der Waals surface area contributed by atoms with Crippen LogP contribution in [0, 0.1) is 5.82 Å². The minimum absolute atomic E-state index is 0.119. The molecule has 0 saturated carbocycles. The van der Waals surface area contributed by atoms with E-state index in [9.17, 15) is 4.39 Å². The summed E-state index contributed by atoms with van der Waals surface area (Å²) in [7, 11) is 1.85. The van der Waals surface area contributed by atoms with E-state index in [1.165, 1.54) is 12.3 Å². The first-order chi connectivity index (χ1) is 9.79. The molecule has 0 aliphatic heterocycles. The Hall–Kier alpha value is -2.33. The van der Waals surface area contributed by atoms with Crippen LogP contribution < -0.4 is 5.32 Å². The number of halogens is 1. The fraction of sp³-hybridized carbons (Fsp3) is 0.125. The topological polar surface area (TPSA) is 37.8 Å². The van der Waals surface area contributed by atoms with E-state index in [1.54, 1.807) is 12.4 Å². The van der Waals surface area contributed by atoms with Crippen LogP contribution in [0.4, 0.5) is 4.39 Å². The van der Waals surface area contributed by atoms with Crippen molar-refractivity contribution in [1.82, 2.24) is 15.3 Å². The lowest BCUT2D eigenvalue weighted by Gasteiger charge is -2.18. The van der Waals surface area contributed by atoms with Crippen LogP contribution in [0.5, 0.6) is 0 Å². The molecule has 3 aromatic rings. The Bertz CT molecular complexity index is 737. The van der Waals surface area contributed by atoms with E-state index in [0.717, 1.165) is 21.9 Å². The van der Waals surface area contributed by atoms with Crippen LogP contribution in [0.25, 0.3) is 10.8 Å². The van der Waals surface area contributed by atoms with Gasteiger partial charge >= 0.3 is 0 Å². The molecular weight excluding hydrogens is 253 g/mol. The van der Waals surface area contributed by atoms with Gasteiger partial charge in [-0.15, -0.1) is 0 Å². The maximum atomic E-state index is 13.4. The number of hydrogen-bond acceptors (Lipinski definition) is 3. The molecule has 20 heavy (non-hydrogen) atoms. The standard InChI is InChI=1S/C16H14FN3/c1-18-16(12-7-13(17)9-20-8-12)14-4-2-3-11-5-6-19-10-15(11)14/h2-10,16,18H,1H3. The molecule has 0 fully saturated rings. The Balaban J connectivity index is 2.17. The van der Waals surface area contributed by atoms with Crippen molar-refractivity contribution in [3.05, 3.63) is 72.1 Å². The third-order valence-corrected chi connectivity index (χ3v) is 3.38. The molecule has 3 nitrogen and oxygen atoms in total. The summed E-state index contributed by atoms with van der Waals surface area (Å²) in [5.74, 6) is -0.332. The van der Waals surface area contributed by atoms with Gasteiger partial charge in [-0.1, -0.05) is 18.2 Å². The molecule has 0 radical (unpaired) electrons. The Kier molecular flexibility index (Phi) is 3.39. The monoisotopic (exact) mass is 267 g/mol. The fourth-order valence-corrected chi connectivity index (χ4v) is 2.48. The highest BCUT2D eigenvalue weighted by atomic mass is 19.1. The summed E-state index contributed by atoms with van der Waals surface area (Å²) in [5.41, 5.74) is 1.86. The summed E-state index contributed by atoms with van der Waals surface area (Å²) in [6.07, 6.45) is 6.49. The van der Waals surface area contributed by atoms with Crippen LogP contribution in [0.15, 0.2) is 55.1 Å². The van der Waals surface area contributed by atoms with Gasteiger partial charge in [-0.05, 0) is 35.7 Å². The van der Waals surface area contributed by atoms with E-state index in [4.69, 9.17) is 0 Å². The molecule has 1 N–H and O–H groups in total. The van der Waals surface area contributed by atoms with Crippen LogP contribution in [0.1, 0.15) is 17.2 Å². The second-order valence-corrected chi connectivity index (χ2v) is 4.60. The van der Waals surface area contributed by atoms with Crippen molar-refractivity contribution in [2.24, 2.45) is 0 Å². The summed E-state index contributed by atoms with van der Waals surface area (Å²) in [6, 6.07) is 9.41. The predicted octanol–water partition coefficient (Wildman–Crippen LogP) is 3.08. The predicted molar refractivity (Wildman–Crippen MR) is 76.8 cm³/mol. The molecule has 2 aromatic heterocycles. The first kappa shape index (κ1) is 12.7. The zero-order valence-electron chi connectivity index (χ0n) is 11.0. The van der Waals surface area contributed by atoms with Gasteiger partial charge in [0.25, 0.3) is 0 Å². The van der Waals surface area contributed by atoms with Crippen molar-refractivity contribution < 1.29 is 4.39 Å². The van der Waals surface area contributed by atoms with Crippen molar-refractivity contribution in [2.45, 2.75) is 6.04 Å². The van der Waals surface area contributed by atoms with Gasteiger partial charge in [0.2, 0.25) is 0 Å². The number of hydrogen-bond donors (Lipinski definition) is 1. The Morgan fingerprint density at radius 3 is 2.80 bits per heavy atom. The molecule has 1 atom stereocenters. The first-order valence-electron chi connectivity index (χ1n) is 6.40. The largest absolute Gasteiger partial charge is 0.309 e. The molecule has 1 aromatic carbocycles. The van der Waals surface area contributed by atoms with Gasteiger partial charge in [0, 0.05) is 24.0 Å². The van der Waals surface area contributed by atoms with Crippen molar-refractivity contribution in [1.29, 1.82) is 0 Å². The third kappa shape index (κ3) is 2.26. The summed E-state index contributed by atoms with van der Waals surface area (Å²) >= 11 is 0. The number of nitrogens with zero attached hydrogens (tertiary/aromatic N) is 2. The van der Waals surface area contributed by atoms with E-state index in [2.05, 4.69) is 15.3 Å². The lowest BCUT2D eigenvalue weighted by atomic mass is 9.96. The highest BCUT2D eigenvalue weighted by Crippen LogP contribution is 2.28. The Morgan fingerprint density at radius 2 is 2.00 bits per heavy atom. The normalized spacial score (nSPS) is 12.5. The zero-order chi connectivity index (χ0) is 13.9. The smallest absolute Gasteiger partial charge is 0.141 e. The SMILES string of the molecule is CNC(c1cncc(F)c1)c1cccc2ccncc12. The first-order valence-corrected chi connectivity index (χ1v) is 6.40. The van der Waals surface area contributed by atoms with Crippen molar-refractivity contribution in [3.8, 4) is 0 Å². The van der Waals surface area contributed by atoms with Gasteiger partial charge in [-0.2, -0.15) is 0 Å². The maximum absolute atomic E-state index is 13.4. The van der Waals surface area contributed by atoms with Crippen LogP contribution in [-0.2, 0) is 0 Å². The molecule has 4 heteroatoms.